The molecule has 5 rings (SSSR count). The van der Waals surface area contributed by atoms with Gasteiger partial charge in [-0.1, -0.05) is 23.4 Å². The Balaban J connectivity index is 1.44. The Bertz CT molecular complexity index is 1530. The molecular weight excluding hydrogens is 442 g/mol. The molecule has 1 aromatic carbocycles. The maximum Gasteiger partial charge on any atom is 0.322 e. The lowest BCUT2D eigenvalue weighted by atomic mass is 10.2. The molecule has 1 aliphatic rings. The van der Waals surface area contributed by atoms with Gasteiger partial charge in [0.25, 0.3) is 5.91 Å². The Morgan fingerprint density at radius 3 is 2.76 bits per heavy atom. The smallest absolute Gasteiger partial charge is 0.322 e. The fourth-order valence-corrected chi connectivity index (χ4v) is 3.30. The molecule has 4 aromatic rings. The van der Waals surface area contributed by atoms with Crippen molar-refractivity contribution < 1.29 is 24.0 Å². The molecule has 3 aromatic heterocycles. The zero-order valence-corrected chi connectivity index (χ0v) is 17.7. The summed E-state index contributed by atoms with van der Waals surface area (Å²) in [5.74, 6) is -0.283. The highest BCUT2D eigenvalue weighted by atomic mass is 16.5. The lowest BCUT2D eigenvalue weighted by molar-refractivity contribution is -0.137. The molecule has 0 atom stereocenters. The second-order valence-corrected chi connectivity index (χ2v) is 7.28. The molecule has 0 fully saturated rings. The van der Waals surface area contributed by atoms with Crippen molar-refractivity contribution in [2.75, 3.05) is 6.54 Å². The van der Waals surface area contributed by atoms with Crippen LogP contribution in [0.4, 0.5) is 0 Å². The van der Waals surface area contributed by atoms with Crippen molar-refractivity contribution in [3.8, 4) is 17.4 Å². The molecule has 4 heterocycles. The second-order valence-electron chi connectivity index (χ2n) is 7.28. The number of hydrogen-bond donors (Lipinski definition) is 3. The number of amides is 1. The quantitative estimate of drug-likeness (QED) is 0.363. The summed E-state index contributed by atoms with van der Waals surface area (Å²) in [5.41, 5.74) is 1.87. The average Bonchev–Trinajstić information content (AvgIpc) is 3.47. The maximum absolute atomic E-state index is 12.0. The largest absolute Gasteiger partial charge is 0.480 e. The van der Waals surface area contributed by atoms with Crippen molar-refractivity contribution in [1.29, 1.82) is 0 Å². The molecule has 0 saturated carbocycles. The Morgan fingerprint density at radius 2 is 2.06 bits per heavy atom. The van der Waals surface area contributed by atoms with Crippen molar-refractivity contribution in [2.24, 2.45) is 0 Å². The van der Waals surface area contributed by atoms with E-state index in [-0.39, 0.29) is 5.57 Å². The minimum absolute atomic E-state index is 0.278. The Kier molecular flexibility index (Phi) is 5.22. The molecule has 0 saturated heterocycles. The molecule has 0 spiro atoms. The molecule has 0 unspecified atom stereocenters. The Labute approximate surface area is 191 Å². The van der Waals surface area contributed by atoms with Crippen LogP contribution in [0, 0.1) is 6.92 Å². The third kappa shape index (κ3) is 3.95. The first kappa shape index (κ1) is 20.9. The topological polar surface area (TPSA) is 157 Å². The van der Waals surface area contributed by atoms with Gasteiger partial charge in [0.05, 0.1) is 11.3 Å². The van der Waals surface area contributed by atoms with Crippen LogP contribution in [0.3, 0.4) is 0 Å². The zero-order chi connectivity index (χ0) is 23.7. The van der Waals surface area contributed by atoms with E-state index in [1.807, 2.05) is 24.3 Å². The molecule has 1 aliphatic heterocycles. The molecule has 12 nitrogen and oxygen atoms in total. The van der Waals surface area contributed by atoms with E-state index in [0.717, 1.165) is 10.8 Å². The van der Waals surface area contributed by atoms with E-state index in [0.29, 0.717) is 34.5 Å². The van der Waals surface area contributed by atoms with Crippen LogP contribution >= 0.6 is 0 Å². The second kappa shape index (κ2) is 8.50. The first-order valence-corrected chi connectivity index (χ1v) is 10.1. The Morgan fingerprint density at radius 1 is 1.24 bits per heavy atom. The first-order valence-electron chi connectivity index (χ1n) is 10.1. The number of fused-ring (bicyclic) bond motifs is 3. The molecule has 3 N–H and O–H groups in total. The number of ether oxygens (including phenoxy) is 1. The number of carboxylic acid groups (broad SMARTS) is 1. The summed E-state index contributed by atoms with van der Waals surface area (Å²) in [5, 5.41) is 32.5. The number of aromatic nitrogens is 5. The van der Waals surface area contributed by atoms with E-state index in [1.165, 1.54) is 12.5 Å². The van der Waals surface area contributed by atoms with Gasteiger partial charge in [-0.25, -0.2) is 0 Å². The summed E-state index contributed by atoms with van der Waals surface area (Å²) in [6, 6.07) is 9.24. The van der Waals surface area contributed by atoms with E-state index in [2.05, 4.69) is 31.1 Å². The number of benzene rings is 1. The number of aryl methyl sites for hydroxylation is 1. The average molecular weight is 459 g/mol. The predicted molar refractivity (Wildman–Crippen MR) is 118 cm³/mol. The first-order chi connectivity index (χ1) is 16.5. The Hall–Kier alpha value is -5.00. The highest BCUT2D eigenvalue weighted by Gasteiger charge is 2.18. The number of allylic oxidation sites excluding steroid dienone is 1. The monoisotopic (exact) mass is 459 g/mol. The van der Waals surface area contributed by atoms with Gasteiger partial charge >= 0.3 is 5.97 Å². The van der Waals surface area contributed by atoms with Gasteiger partial charge in [-0.3, -0.25) is 9.59 Å². The van der Waals surface area contributed by atoms with Gasteiger partial charge in [0, 0.05) is 23.0 Å². The number of carboxylic acids is 1. The van der Waals surface area contributed by atoms with Crippen LogP contribution in [-0.4, -0.2) is 48.5 Å². The van der Waals surface area contributed by atoms with E-state index >= 15 is 0 Å². The molecule has 34 heavy (non-hydrogen) atoms. The van der Waals surface area contributed by atoms with Gasteiger partial charge in [0.2, 0.25) is 11.7 Å². The molecule has 0 aliphatic carbocycles. The molecule has 12 heteroatoms. The van der Waals surface area contributed by atoms with Crippen LogP contribution in [-0.2, 0) is 9.59 Å². The molecule has 1 amide bonds. The minimum atomic E-state index is -1.12. The van der Waals surface area contributed by atoms with E-state index in [9.17, 15) is 9.59 Å². The van der Waals surface area contributed by atoms with Crippen molar-refractivity contribution in [3.05, 3.63) is 72.0 Å². The lowest BCUT2D eigenvalue weighted by Crippen LogP contribution is -2.31. The summed E-state index contributed by atoms with van der Waals surface area (Å²) >= 11 is 0. The number of rotatable bonds is 6. The highest BCUT2D eigenvalue weighted by molar-refractivity contribution is 5.98. The number of dihydropyridines is 1. The van der Waals surface area contributed by atoms with E-state index < -0.39 is 18.4 Å². The summed E-state index contributed by atoms with van der Waals surface area (Å²) < 4.78 is 12.6. The van der Waals surface area contributed by atoms with Crippen LogP contribution in [0.15, 0.2) is 70.7 Å². The minimum Gasteiger partial charge on any atom is -0.480 e. The van der Waals surface area contributed by atoms with Gasteiger partial charge in [-0.05, 0) is 25.1 Å². The van der Waals surface area contributed by atoms with Crippen LogP contribution in [0.2, 0.25) is 0 Å². The van der Waals surface area contributed by atoms with Gasteiger partial charge < -0.3 is 25.0 Å². The van der Waals surface area contributed by atoms with Crippen LogP contribution in [0.25, 0.3) is 27.9 Å². The van der Waals surface area contributed by atoms with Crippen molar-refractivity contribution >= 4 is 28.3 Å². The molecule has 0 radical (unpaired) electrons. The zero-order valence-electron chi connectivity index (χ0n) is 17.7. The lowest BCUT2D eigenvalue weighted by Gasteiger charge is -2.12. The number of hydrogen-bond acceptors (Lipinski definition) is 9. The summed E-state index contributed by atoms with van der Waals surface area (Å²) in [6.07, 6.45) is 6.07. The summed E-state index contributed by atoms with van der Waals surface area (Å²) in [7, 11) is 0. The predicted octanol–water partition coefficient (Wildman–Crippen LogP) is 1.71. The number of carbonyl (C=O) groups excluding carboxylic acids is 1. The maximum atomic E-state index is 12.0. The number of nitrogens with one attached hydrogen (secondary N) is 2. The number of carbonyl (C=O) groups is 2. The van der Waals surface area contributed by atoms with E-state index in [4.69, 9.17) is 14.4 Å². The summed E-state index contributed by atoms with van der Waals surface area (Å²) in [6.45, 7) is 1.32. The highest BCUT2D eigenvalue weighted by Crippen LogP contribution is 2.29. The normalized spacial score (nSPS) is 14.3. The fourth-order valence-electron chi connectivity index (χ4n) is 3.30. The van der Waals surface area contributed by atoms with E-state index in [1.54, 1.807) is 29.7 Å². The summed E-state index contributed by atoms with van der Waals surface area (Å²) in [4.78, 5) is 22.6. The third-order valence-electron chi connectivity index (χ3n) is 4.88. The van der Waals surface area contributed by atoms with Crippen molar-refractivity contribution in [1.82, 2.24) is 35.6 Å². The van der Waals surface area contributed by atoms with Gasteiger partial charge in [0.15, 0.2) is 11.3 Å². The standard InChI is InChI=1S/C22H17N7O5/c1-12-8-17(28-34-12)20-26-25-19-15-4-2-3-5-16(15)22(27-29(19)20)33-11-14-7-6-13(9-23-14)21(32)24-10-18(30)31/h2-9,11,23H,10H2,1H3,(H,24,32)(H,30,31). The SMILES string of the molecule is Cc1cc(-c2nnc3c4ccccc4c(OC=C4C=CC(C(=O)NCC(=O)O)=CN4)nn23)no1. The van der Waals surface area contributed by atoms with Crippen LogP contribution in [0.5, 0.6) is 5.88 Å². The van der Waals surface area contributed by atoms with Crippen LogP contribution in [0.1, 0.15) is 5.76 Å². The van der Waals surface area contributed by atoms with Crippen LogP contribution < -0.4 is 15.4 Å². The van der Waals surface area contributed by atoms with Crippen molar-refractivity contribution in [3.63, 3.8) is 0 Å². The number of aliphatic carboxylic acids is 1. The molecule has 0 bridgehead atoms. The third-order valence-corrected chi connectivity index (χ3v) is 4.88. The van der Waals surface area contributed by atoms with Gasteiger partial charge in [-0.2, -0.15) is 4.52 Å². The van der Waals surface area contributed by atoms with Gasteiger partial charge in [-0.15, -0.1) is 15.3 Å². The van der Waals surface area contributed by atoms with Gasteiger partial charge in [0.1, 0.15) is 18.6 Å². The fraction of sp³-hybridized carbons (Fsp3) is 0.0909. The van der Waals surface area contributed by atoms with Crippen molar-refractivity contribution in [2.45, 2.75) is 6.92 Å². The molecule has 170 valence electrons. The molecular formula is C22H17N7O5. The number of nitrogens with zero attached hydrogens (tertiary/aromatic N) is 5.